The fraction of sp³-hybridized carbons (Fsp3) is 0.483. The van der Waals surface area contributed by atoms with Gasteiger partial charge in [0.05, 0.1) is 47.7 Å². The molecule has 0 spiro atoms. The minimum absolute atomic E-state index is 0.0102. The van der Waals surface area contributed by atoms with E-state index in [4.69, 9.17) is 16.3 Å². The van der Waals surface area contributed by atoms with Crippen LogP contribution in [0, 0.1) is 11.3 Å². The molecule has 15 heteroatoms. The summed E-state index contributed by atoms with van der Waals surface area (Å²) in [6.07, 6.45) is 11.0. The summed E-state index contributed by atoms with van der Waals surface area (Å²) in [4.78, 5) is 20.6. The summed E-state index contributed by atoms with van der Waals surface area (Å²) >= 11 is 6.71. The highest BCUT2D eigenvalue weighted by molar-refractivity contribution is 7.88. The quantitative estimate of drug-likeness (QED) is 0.298. The Labute approximate surface area is 262 Å². The third-order valence-corrected chi connectivity index (χ3v) is 9.87. The number of methoxy groups -OCH3 is 1. The largest absolute Gasteiger partial charge is 0.453 e. The molecule has 0 bridgehead atoms. The Morgan fingerprint density at radius 3 is 2.64 bits per heavy atom. The van der Waals surface area contributed by atoms with Crippen molar-refractivity contribution in [3.05, 3.63) is 52.9 Å². The number of aromatic nitrogens is 4. The highest BCUT2D eigenvalue weighted by atomic mass is 35.5. The molecule has 3 heterocycles. The summed E-state index contributed by atoms with van der Waals surface area (Å²) in [5.74, 6) is 0.362. The molecule has 5 rings (SSSR count). The van der Waals surface area contributed by atoms with Crippen LogP contribution in [-0.4, -0.2) is 83.1 Å². The van der Waals surface area contributed by atoms with Gasteiger partial charge in [0.2, 0.25) is 16.0 Å². The molecule has 1 saturated heterocycles. The lowest BCUT2D eigenvalue weighted by Crippen LogP contribution is -2.51. The Morgan fingerprint density at radius 1 is 1.23 bits per heavy atom. The number of hydrogen-bond donors (Lipinski definition) is 3. The zero-order valence-electron chi connectivity index (χ0n) is 24.7. The molecule has 1 amide bonds. The maximum Gasteiger partial charge on any atom is 0.406 e. The van der Waals surface area contributed by atoms with Crippen molar-refractivity contribution in [2.24, 2.45) is 0 Å². The van der Waals surface area contributed by atoms with Crippen molar-refractivity contribution < 1.29 is 17.9 Å². The number of sulfonamides is 1. The van der Waals surface area contributed by atoms with Crippen LogP contribution in [0.2, 0.25) is 5.02 Å². The fourth-order valence-electron chi connectivity index (χ4n) is 5.76. The van der Waals surface area contributed by atoms with E-state index in [1.165, 1.54) is 23.9 Å². The average molecular weight is 642 g/mol. The molecule has 1 aliphatic carbocycles. The Balaban J connectivity index is 1.27. The number of amides is 1. The molecule has 3 N–H and O–H groups in total. The van der Waals surface area contributed by atoms with Gasteiger partial charge in [-0.15, -0.1) is 0 Å². The van der Waals surface area contributed by atoms with Crippen LogP contribution in [0.1, 0.15) is 49.7 Å². The first-order valence-electron chi connectivity index (χ1n) is 14.5. The van der Waals surface area contributed by atoms with E-state index in [0.29, 0.717) is 72.5 Å². The minimum atomic E-state index is -3.21. The minimum Gasteiger partial charge on any atom is -0.453 e. The van der Waals surface area contributed by atoms with E-state index in [0.717, 1.165) is 31.2 Å². The second-order valence-electron chi connectivity index (χ2n) is 11.3. The monoisotopic (exact) mass is 641 g/mol. The number of nitrogens with one attached hydrogen (secondary N) is 3. The molecule has 0 atom stereocenters. The number of carbonyl (C=O) groups excluding carboxylic acids is 1. The van der Waals surface area contributed by atoms with Crippen LogP contribution in [0.5, 0.6) is 0 Å². The third-order valence-electron chi connectivity index (χ3n) is 8.27. The first kappa shape index (κ1) is 31.6. The molecule has 3 aromatic rings. The SMILES string of the molecule is COC(=O)NCC1(NCc2ccc(-n3cc(-c4nc(NC5CCN(S(C)(=O)=O)CC5)ncc4C#N)cn3)c(Cl)c2)CCCC1. The molecule has 1 saturated carbocycles. The first-order chi connectivity index (χ1) is 21.1. The molecule has 13 nitrogen and oxygen atoms in total. The number of benzene rings is 1. The van der Waals surface area contributed by atoms with Crippen molar-refractivity contribution in [3.8, 4) is 23.0 Å². The van der Waals surface area contributed by atoms with E-state index in [-0.39, 0.29) is 11.6 Å². The van der Waals surface area contributed by atoms with Gasteiger partial charge in [0.25, 0.3) is 0 Å². The molecule has 234 valence electrons. The van der Waals surface area contributed by atoms with Crippen LogP contribution in [0.3, 0.4) is 0 Å². The number of alkyl carbamates (subject to hydrolysis) is 1. The Kier molecular flexibility index (Phi) is 9.69. The van der Waals surface area contributed by atoms with Gasteiger partial charge < -0.3 is 20.7 Å². The number of halogens is 1. The summed E-state index contributed by atoms with van der Waals surface area (Å²) in [6, 6.07) is 7.93. The molecule has 2 aliphatic rings. The third kappa shape index (κ3) is 7.47. The molecular weight excluding hydrogens is 606 g/mol. The van der Waals surface area contributed by atoms with Crippen LogP contribution in [0.25, 0.3) is 16.9 Å². The summed E-state index contributed by atoms with van der Waals surface area (Å²) < 4.78 is 31.5. The molecule has 2 aromatic heterocycles. The highest BCUT2D eigenvalue weighted by Gasteiger charge is 2.34. The van der Waals surface area contributed by atoms with Crippen LogP contribution in [0.4, 0.5) is 10.7 Å². The van der Waals surface area contributed by atoms with Gasteiger partial charge in [-0.05, 0) is 43.4 Å². The standard InChI is InChI=1S/C29H36ClN9O4S/c1-43-28(40)33-19-29(9-3-4-10-29)34-15-20-5-6-25(24(30)13-20)39-18-22(17-35-39)26-21(14-31)16-32-27(37-26)36-23-7-11-38(12-8-23)44(2,41)42/h5-6,13,16-18,23,34H,3-4,7-12,15,19H2,1-2H3,(H,33,40)(H,32,36,37). The van der Waals surface area contributed by atoms with Crippen LogP contribution >= 0.6 is 11.6 Å². The number of rotatable bonds is 10. The van der Waals surface area contributed by atoms with Crippen molar-refractivity contribution in [3.63, 3.8) is 0 Å². The predicted molar refractivity (Wildman–Crippen MR) is 166 cm³/mol. The highest BCUT2D eigenvalue weighted by Crippen LogP contribution is 2.31. The van der Waals surface area contributed by atoms with Crippen molar-refractivity contribution in [1.82, 2.24) is 34.7 Å². The lowest BCUT2D eigenvalue weighted by molar-refractivity contribution is 0.165. The van der Waals surface area contributed by atoms with E-state index >= 15 is 0 Å². The zero-order chi connectivity index (χ0) is 31.3. The van der Waals surface area contributed by atoms with Gasteiger partial charge in [-0.3, -0.25) is 0 Å². The smallest absolute Gasteiger partial charge is 0.406 e. The fourth-order valence-corrected chi connectivity index (χ4v) is 6.93. The lowest BCUT2D eigenvalue weighted by atomic mass is 9.97. The van der Waals surface area contributed by atoms with Crippen molar-refractivity contribution in [2.45, 2.75) is 56.7 Å². The van der Waals surface area contributed by atoms with Crippen LogP contribution in [0.15, 0.2) is 36.8 Å². The zero-order valence-corrected chi connectivity index (χ0v) is 26.3. The summed E-state index contributed by atoms with van der Waals surface area (Å²) in [7, 11) is -1.86. The summed E-state index contributed by atoms with van der Waals surface area (Å²) in [5, 5.41) is 24.5. The molecule has 0 radical (unpaired) electrons. The van der Waals surface area contributed by atoms with Gasteiger partial charge in [-0.25, -0.2) is 32.2 Å². The second-order valence-corrected chi connectivity index (χ2v) is 13.7. The van der Waals surface area contributed by atoms with Crippen molar-refractivity contribution in [1.29, 1.82) is 5.26 Å². The average Bonchev–Trinajstić information content (AvgIpc) is 3.70. The topological polar surface area (TPSA) is 167 Å². The van der Waals surface area contributed by atoms with E-state index in [1.807, 2.05) is 18.2 Å². The van der Waals surface area contributed by atoms with Gasteiger partial charge in [-0.2, -0.15) is 10.4 Å². The number of nitriles is 1. The number of ether oxygens (including phenoxy) is 1. The maximum atomic E-state index is 11.8. The number of anilines is 1. The van der Waals surface area contributed by atoms with E-state index in [2.05, 4.69) is 37.1 Å². The number of piperidine rings is 1. The Bertz CT molecular complexity index is 1640. The molecule has 1 aliphatic heterocycles. The van der Waals surface area contributed by atoms with Gasteiger partial charge >= 0.3 is 6.09 Å². The Hall–Kier alpha value is -3.77. The van der Waals surface area contributed by atoms with E-state index in [9.17, 15) is 18.5 Å². The molecule has 0 unspecified atom stereocenters. The molecule has 2 fully saturated rings. The van der Waals surface area contributed by atoms with Crippen LogP contribution < -0.4 is 16.0 Å². The van der Waals surface area contributed by atoms with Crippen molar-refractivity contribution in [2.75, 3.05) is 38.3 Å². The molecule has 44 heavy (non-hydrogen) atoms. The maximum absolute atomic E-state index is 11.8. The van der Waals surface area contributed by atoms with Gasteiger partial charge in [0.15, 0.2) is 0 Å². The normalized spacial score (nSPS) is 17.2. The second kappa shape index (κ2) is 13.5. The molecular formula is C29H36ClN9O4S. The van der Waals surface area contributed by atoms with Gasteiger partial charge in [0, 0.05) is 49.5 Å². The molecule has 1 aromatic carbocycles. The van der Waals surface area contributed by atoms with E-state index in [1.54, 1.807) is 17.1 Å². The summed E-state index contributed by atoms with van der Waals surface area (Å²) in [5.41, 5.74) is 2.85. The van der Waals surface area contributed by atoms with E-state index < -0.39 is 16.1 Å². The Morgan fingerprint density at radius 2 is 1.98 bits per heavy atom. The van der Waals surface area contributed by atoms with Crippen LogP contribution in [-0.2, 0) is 21.3 Å². The number of nitrogens with zero attached hydrogens (tertiary/aromatic N) is 6. The van der Waals surface area contributed by atoms with Gasteiger partial charge in [0.1, 0.15) is 6.07 Å². The predicted octanol–water partition coefficient (Wildman–Crippen LogP) is 3.45. The number of carbonyl (C=O) groups is 1. The number of hydrogen-bond acceptors (Lipinski definition) is 10. The van der Waals surface area contributed by atoms with Crippen molar-refractivity contribution >= 4 is 33.7 Å². The van der Waals surface area contributed by atoms with Gasteiger partial charge in [-0.1, -0.05) is 30.5 Å². The first-order valence-corrected chi connectivity index (χ1v) is 16.7. The summed E-state index contributed by atoms with van der Waals surface area (Å²) in [6.45, 7) is 1.93. The lowest BCUT2D eigenvalue weighted by Gasteiger charge is -2.30.